The first-order valence-electron chi connectivity index (χ1n) is 9.97. The third-order valence-electron chi connectivity index (χ3n) is 5.51. The van der Waals surface area contributed by atoms with Crippen molar-refractivity contribution in [1.82, 2.24) is 24.5 Å². The SMILES string of the molecule is CCc1ccc(S(=O)(=O)NC2CCC(n3cc(-c4ccncn4)cn3)CC2)cc1. The fourth-order valence-corrected chi connectivity index (χ4v) is 5.09. The minimum atomic E-state index is -3.49. The predicted octanol–water partition coefficient (Wildman–Crippen LogP) is 3.36. The van der Waals surface area contributed by atoms with Crippen LogP contribution in [0.15, 0.2) is 60.1 Å². The van der Waals surface area contributed by atoms with Crippen molar-refractivity contribution in [3.63, 3.8) is 0 Å². The Morgan fingerprint density at radius 2 is 1.86 bits per heavy atom. The minimum absolute atomic E-state index is 0.0426. The fraction of sp³-hybridized carbons (Fsp3) is 0.381. The molecule has 0 radical (unpaired) electrons. The molecule has 3 aromatic rings. The summed E-state index contributed by atoms with van der Waals surface area (Å²) in [4.78, 5) is 8.53. The molecule has 0 aliphatic heterocycles. The van der Waals surface area contributed by atoms with E-state index in [1.54, 1.807) is 18.3 Å². The van der Waals surface area contributed by atoms with Gasteiger partial charge in [0.05, 0.1) is 22.8 Å². The first-order chi connectivity index (χ1) is 14.0. The predicted molar refractivity (Wildman–Crippen MR) is 111 cm³/mol. The number of hydrogen-bond acceptors (Lipinski definition) is 5. The number of hydrogen-bond donors (Lipinski definition) is 1. The summed E-state index contributed by atoms with van der Waals surface area (Å²) in [5.41, 5.74) is 2.94. The molecule has 29 heavy (non-hydrogen) atoms. The highest BCUT2D eigenvalue weighted by Crippen LogP contribution is 2.30. The summed E-state index contributed by atoms with van der Waals surface area (Å²) in [7, 11) is -3.49. The van der Waals surface area contributed by atoms with Gasteiger partial charge in [0.1, 0.15) is 6.33 Å². The lowest BCUT2D eigenvalue weighted by molar-refractivity contribution is 0.294. The second-order valence-electron chi connectivity index (χ2n) is 7.43. The van der Waals surface area contributed by atoms with Crippen molar-refractivity contribution in [2.24, 2.45) is 0 Å². The van der Waals surface area contributed by atoms with Gasteiger partial charge >= 0.3 is 0 Å². The average Bonchev–Trinajstić information content (AvgIpc) is 3.25. The van der Waals surface area contributed by atoms with E-state index in [1.807, 2.05) is 35.3 Å². The van der Waals surface area contributed by atoms with Crippen LogP contribution in [-0.4, -0.2) is 34.2 Å². The van der Waals surface area contributed by atoms with E-state index in [0.717, 1.165) is 48.9 Å². The van der Waals surface area contributed by atoms with E-state index < -0.39 is 10.0 Å². The lowest BCUT2D eigenvalue weighted by atomic mass is 9.92. The van der Waals surface area contributed by atoms with Crippen molar-refractivity contribution in [3.8, 4) is 11.3 Å². The monoisotopic (exact) mass is 411 g/mol. The van der Waals surface area contributed by atoms with Gasteiger partial charge in [-0.3, -0.25) is 4.68 Å². The zero-order valence-corrected chi connectivity index (χ0v) is 17.2. The number of aryl methyl sites for hydroxylation is 1. The topological polar surface area (TPSA) is 89.8 Å². The van der Waals surface area contributed by atoms with E-state index in [-0.39, 0.29) is 12.1 Å². The van der Waals surface area contributed by atoms with E-state index in [1.165, 1.54) is 6.33 Å². The third-order valence-corrected chi connectivity index (χ3v) is 7.05. The van der Waals surface area contributed by atoms with E-state index >= 15 is 0 Å². The normalized spacial score (nSPS) is 19.9. The molecule has 1 saturated carbocycles. The summed E-state index contributed by atoms with van der Waals surface area (Å²) in [5, 5.41) is 4.50. The second kappa shape index (κ2) is 8.42. The summed E-state index contributed by atoms with van der Waals surface area (Å²) >= 11 is 0. The first-order valence-corrected chi connectivity index (χ1v) is 11.5. The number of sulfonamides is 1. The second-order valence-corrected chi connectivity index (χ2v) is 9.14. The Morgan fingerprint density at radius 3 is 2.52 bits per heavy atom. The van der Waals surface area contributed by atoms with Crippen LogP contribution >= 0.6 is 0 Å². The van der Waals surface area contributed by atoms with Crippen LogP contribution in [0, 0.1) is 0 Å². The van der Waals surface area contributed by atoms with Crippen molar-refractivity contribution < 1.29 is 8.42 Å². The fourth-order valence-electron chi connectivity index (χ4n) is 3.78. The molecule has 4 rings (SSSR count). The molecular formula is C21H25N5O2S. The molecule has 1 aliphatic carbocycles. The van der Waals surface area contributed by atoms with E-state index in [4.69, 9.17) is 0 Å². The van der Waals surface area contributed by atoms with Gasteiger partial charge in [0, 0.05) is 24.0 Å². The lowest BCUT2D eigenvalue weighted by Crippen LogP contribution is -2.38. The van der Waals surface area contributed by atoms with Gasteiger partial charge in [-0.25, -0.2) is 23.1 Å². The van der Waals surface area contributed by atoms with Gasteiger partial charge in [0.25, 0.3) is 0 Å². The molecule has 2 aromatic heterocycles. The molecule has 2 heterocycles. The van der Waals surface area contributed by atoms with Gasteiger partial charge in [-0.2, -0.15) is 5.10 Å². The van der Waals surface area contributed by atoms with Crippen molar-refractivity contribution >= 4 is 10.0 Å². The number of aromatic nitrogens is 4. The lowest BCUT2D eigenvalue weighted by Gasteiger charge is -2.29. The molecule has 1 aliphatic rings. The van der Waals surface area contributed by atoms with Crippen molar-refractivity contribution in [2.75, 3.05) is 0 Å². The molecular weight excluding hydrogens is 386 g/mol. The Balaban J connectivity index is 1.36. The van der Waals surface area contributed by atoms with E-state index in [9.17, 15) is 8.42 Å². The van der Waals surface area contributed by atoms with Gasteiger partial charge in [0.15, 0.2) is 0 Å². The van der Waals surface area contributed by atoms with Crippen LogP contribution < -0.4 is 4.72 Å². The van der Waals surface area contributed by atoms with Gasteiger partial charge in [0.2, 0.25) is 10.0 Å². The molecule has 1 aromatic carbocycles. The summed E-state index contributed by atoms with van der Waals surface area (Å²) in [5.74, 6) is 0. The van der Waals surface area contributed by atoms with Crippen molar-refractivity contribution in [3.05, 3.63) is 60.8 Å². The average molecular weight is 412 g/mol. The maximum Gasteiger partial charge on any atom is 0.240 e. The molecule has 1 fully saturated rings. The Labute approximate surface area is 171 Å². The zero-order chi connectivity index (χ0) is 20.3. The number of rotatable bonds is 6. The molecule has 7 nitrogen and oxygen atoms in total. The minimum Gasteiger partial charge on any atom is -0.269 e. The summed E-state index contributed by atoms with van der Waals surface area (Å²) in [6.45, 7) is 2.05. The summed E-state index contributed by atoms with van der Waals surface area (Å²) in [6.07, 6.45) is 11.3. The van der Waals surface area contributed by atoms with Crippen LogP contribution in [0.25, 0.3) is 11.3 Å². The van der Waals surface area contributed by atoms with E-state index in [0.29, 0.717) is 4.90 Å². The molecule has 152 valence electrons. The van der Waals surface area contributed by atoms with Crippen LogP contribution in [0.3, 0.4) is 0 Å². The largest absolute Gasteiger partial charge is 0.269 e. The standard InChI is InChI=1S/C21H25N5O2S/c1-2-16-3-9-20(10-4-16)29(27,28)25-18-5-7-19(8-6-18)26-14-17(13-24-26)21-11-12-22-15-23-21/h3-4,9-15,18-19,25H,2,5-8H2,1H3. The molecule has 1 N–H and O–H groups in total. The molecule has 0 atom stereocenters. The van der Waals surface area contributed by atoms with Crippen LogP contribution in [-0.2, 0) is 16.4 Å². The third kappa shape index (κ3) is 4.54. The Hall–Kier alpha value is -2.58. The van der Waals surface area contributed by atoms with E-state index in [2.05, 4.69) is 26.7 Å². The van der Waals surface area contributed by atoms with Crippen LogP contribution in [0.1, 0.15) is 44.2 Å². The Kier molecular flexibility index (Phi) is 5.73. The van der Waals surface area contributed by atoms with Gasteiger partial charge in [-0.1, -0.05) is 19.1 Å². The highest BCUT2D eigenvalue weighted by atomic mass is 32.2. The van der Waals surface area contributed by atoms with Gasteiger partial charge in [-0.15, -0.1) is 0 Å². The molecule has 0 amide bonds. The molecule has 0 spiro atoms. The Bertz CT molecular complexity index is 1040. The van der Waals surface area contributed by atoms with Gasteiger partial charge < -0.3 is 0 Å². The summed E-state index contributed by atoms with van der Waals surface area (Å²) in [6, 6.07) is 9.21. The van der Waals surface area contributed by atoms with Gasteiger partial charge in [-0.05, 0) is 55.9 Å². The quantitative estimate of drug-likeness (QED) is 0.672. The number of benzene rings is 1. The smallest absolute Gasteiger partial charge is 0.240 e. The molecule has 0 unspecified atom stereocenters. The number of nitrogens with one attached hydrogen (secondary N) is 1. The highest BCUT2D eigenvalue weighted by Gasteiger charge is 2.27. The number of nitrogens with zero attached hydrogens (tertiary/aromatic N) is 4. The highest BCUT2D eigenvalue weighted by molar-refractivity contribution is 7.89. The molecule has 0 saturated heterocycles. The molecule has 8 heteroatoms. The Morgan fingerprint density at radius 1 is 1.10 bits per heavy atom. The maximum absolute atomic E-state index is 12.7. The molecule has 0 bridgehead atoms. The van der Waals surface area contributed by atoms with Crippen molar-refractivity contribution in [2.45, 2.75) is 56.0 Å². The van der Waals surface area contributed by atoms with Crippen LogP contribution in [0.4, 0.5) is 0 Å². The van der Waals surface area contributed by atoms with Crippen LogP contribution in [0.5, 0.6) is 0 Å². The van der Waals surface area contributed by atoms with Crippen LogP contribution in [0.2, 0.25) is 0 Å². The summed E-state index contributed by atoms with van der Waals surface area (Å²) < 4.78 is 30.2. The van der Waals surface area contributed by atoms with Crippen molar-refractivity contribution in [1.29, 1.82) is 0 Å². The zero-order valence-electron chi connectivity index (χ0n) is 16.4. The maximum atomic E-state index is 12.7. The first kappa shape index (κ1) is 19.7.